The van der Waals surface area contributed by atoms with Crippen LogP contribution in [0.4, 0.5) is 0 Å². The summed E-state index contributed by atoms with van der Waals surface area (Å²) >= 11 is 0. The third-order valence-corrected chi connectivity index (χ3v) is 4.69. The topological polar surface area (TPSA) is 64.6 Å². The Labute approximate surface area is 137 Å². The van der Waals surface area contributed by atoms with Crippen LogP contribution in [0.1, 0.15) is 43.5 Å². The average Bonchev–Trinajstić information content (AvgIpc) is 2.57. The van der Waals surface area contributed by atoms with Gasteiger partial charge in [0.25, 0.3) is 5.91 Å². The highest BCUT2D eigenvalue weighted by Gasteiger charge is 2.28. The minimum atomic E-state index is -0.524. The van der Waals surface area contributed by atoms with Gasteiger partial charge < -0.3 is 14.8 Å². The minimum absolute atomic E-state index is 0.168. The van der Waals surface area contributed by atoms with E-state index in [4.69, 9.17) is 9.47 Å². The molecular formula is C18H25NO4. The molecule has 0 aromatic heterocycles. The molecular weight excluding hydrogens is 294 g/mol. The molecule has 1 fully saturated rings. The van der Waals surface area contributed by atoms with E-state index in [1.54, 1.807) is 24.3 Å². The summed E-state index contributed by atoms with van der Waals surface area (Å²) < 4.78 is 10.2. The Morgan fingerprint density at radius 3 is 2.78 bits per heavy atom. The van der Waals surface area contributed by atoms with Gasteiger partial charge in [-0.25, -0.2) is 4.79 Å². The van der Waals surface area contributed by atoms with Crippen molar-refractivity contribution in [3.05, 3.63) is 29.8 Å². The van der Waals surface area contributed by atoms with Crippen molar-refractivity contribution in [3.8, 4) is 5.75 Å². The summed E-state index contributed by atoms with van der Waals surface area (Å²) in [5.74, 6) is 0.861. The summed E-state index contributed by atoms with van der Waals surface area (Å²) in [6, 6.07) is 6.84. The lowest BCUT2D eigenvalue weighted by Gasteiger charge is -2.34. The highest BCUT2D eigenvalue weighted by molar-refractivity contribution is 5.91. The Hall–Kier alpha value is -2.04. The molecule has 1 aromatic carbocycles. The number of carbonyl (C=O) groups excluding carboxylic acids is 2. The lowest BCUT2D eigenvalue weighted by atomic mass is 9.78. The fourth-order valence-corrected chi connectivity index (χ4v) is 3.00. The summed E-state index contributed by atoms with van der Waals surface area (Å²) in [7, 11) is 1.53. The molecule has 0 aliphatic heterocycles. The molecule has 2 rings (SSSR count). The normalized spacial score (nSPS) is 23.9. The van der Waals surface area contributed by atoms with E-state index in [1.807, 2.05) is 0 Å². The summed E-state index contributed by atoms with van der Waals surface area (Å²) in [4.78, 5) is 24.0. The van der Waals surface area contributed by atoms with Gasteiger partial charge in [0.1, 0.15) is 5.75 Å². The fraction of sp³-hybridized carbons (Fsp3) is 0.556. The van der Waals surface area contributed by atoms with Crippen LogP contribution in [0.2, 0.25) is 0 Å². The smallest absolute Gasteiger partial charge is 0.338 e. The molecule has 0 unspecified atom stereocenters. The van der Waals surface area contributed by atoms with E-state index in [0.29, 0.717) is 23.1 Å². The number of esters is 1. The van der Waals surface area contributed by atoms with Crippen LogP contribution < -0.4 is 10.1 Å². The number of ether oxygens (including phenoxy) is 2. The van der Waals surface area contributed by atoms with Crippen LogP contribution in [0.15, 0.2) is 24.3 Å². The lowest BCUT2D eigenvalue weighted by molar-refractivity contribution is -0.125. The molecule has 0 radical (unpaired) electrons. The van der Waals surface area contributed by atoms with Gasteiger partial charge in [-0.3, -0.25) is 4.79 Å². The maximum Gasteiger partial charge on any atom is 0.338 e. The molecule has 5 heteroatoms. The first-order valence-corrected chi connectivity index (χ1v) is 8.11. The molecule has 5 nitrogen and oxygen atoms in total. The van der Waals surface area contributed by atoms with E-state index in [1.165, 1.54) is 13.5 Å². The molecule has 23 heavy (non-hydrogen) atoms. The third kappa shape index (κ3) is 4.71. The Kier molecular flexibility index (Phi) is 6.02. The first-order chi connectivity index (χ1) is 11.0. The molecule has 1 aliphatic carbocycles. The average molecular weight is 319 g/mol. The number of nitrogens with one attached hydrogen (secondary N) is 1. The van der Waals surface area contributed by atoms with Gasteiger partial charge in [0.05, 0.1) is 12.7 Å². The van der Waals surface area contributed by atoms with E-state index in [0.717, 1.165) is 12.8 Å². The van der Waals surface area contributed by atoms with Crippen molar-refractivity contribution in [2.45, 2.75) is 39.2 Å². The number of methoxy groups -OCH3 is 1. The van der Waals surface area contributed by atoms with Crippen LogP contribution in [0.5, 0.6) is 5.75 Å². The van der Waals surface area contributed by atoms with Crippen LogP contribution in [0.25, 0.3) is 0 Å². The van der Waals surface area contributed by atoms with Gasteiger partial charge in [-0.1, -0.05) is 32.8 Å². The van der Waals surface area contributed by atoms with E-state index in [-0.39, 0.29) is 18.6 Å². The standard InChI is InChI=1S/C18H25NO4/c1-12-6-4-9-16(13(12)2)19-17(20)11-23-18(21)14-7-5-8-15(10-14)22-3/h5,7-8,10,12-13,16H,4,6,9,11H2,1-3H3,(H,19,20)/t12-,13+,16-/m0/s1. The minimum Gasteiger partial charge on any atom is -0.497 e. The molecule has 1 amide bonds. The molecule has 3 atom stereocenters. The van der Waals surface area contributed by atoms with Crippen LogP contribution in [0, 0.1) is 11.8 Å². The summed E-state index contributed by atoms with van der Waals surface area (Å²) in [6.07, 6.45) is 3.32. The molecule has 0 saturated heterocycles. The molecule has 0 heterocycles. The number of carbonyl (C=O) groups is 2. The Morgan fingerprint density at radius 2 is 2.04 bits per heavy atom. The quantitative estimate of drug-likeness (QED) is 0.848. The Balaban J connectivity index is 1.82. The largest absolute Gasteiger partial charge is 0.497 e. The van der Waals surface area contributed by atoms with Crippen molar-refractivity contribution in [2.75, 3.05) is 13.7 Å². The van der Waals surface area contributed by atoms with Gasteiger partial charge in [-0.15, -0.1) is 0 Å². The van der Waals surface area contributed by atoms with Gasteiger partial charge in [0, 0.05) is 6.04 Å². The van der Waals surface area contributed by atoms with Crippen molar-refractivity contribution in [1.82, 2.24) is 5.32 Å². The predicted octanol–water partition coefficient (Wildman–Crippen LogP) is 2.79. The van der Waals surface area contributed by atoms with Gasteiger partial charge in [-0.2, -0.15) is 0 Å². The second-order valence-corrected chi connectivity index (χ2v) is 6.25. The first kappa shape index (κ1) is 17.3. The highest BCUT2D eigenvalue weighted by Crippen LogP contribution is 2.29. The van der Waals surface area contributed by atoms with Crippen molar-refractivity contribution < 1.29 is 19.1 Å². The monoisotopic (exact) mass is 319 g/mol. The van der Waals surface area contributed by atoms with Gasteiger partial charge >= 0.3 is 5.97 Å². The third-order valence-electron chi connectivity index (χ3n) is 4.69. The van der Waals surface area contributed by atoms with E-state index in [9.17, 15) is 9.59 Å². The van der Waals surface area contributed by atoms with E-state index < -0.39 is 5.97 Å². The second-order valence-electron chi connectivity index (χ2n) is 6.25. The maximum atomic E-state index is 12.0. The van der Waals surface area contributed by atoms with Gasteiger partial charge in [0.15, 0.2) is 6.61 Å². The molecule has 1 aliphatic rings. The van der Waals surface area contributed by atoms with Crippen molar-refractivity contribution >= 4 is 11.9 Å². The van der Waals surface area contributed by atoms with Crippen LogP contribution in [0.3, 0.4) is 0 Å². The number of hydrogen-bond donors (Lipinski definition) is 1. The lowest BCUT2D eigenvalue weighted by Crippen LogP contribution is -2.45. The fourth-order valence-electron chi connectivity index (χ4n) is 3.00. The first-order valence-electron chi connectivity index (χ1n) is 8.11. The molecule has 0 spiro atoms. The molecule has 1 aromatic rings. The van der Waals surface area contributed by atoms with Crippen molar-refractivity contribution in [3.63, 3.8) is 0 Å². The van der Waals surface area contributed by atoms with Crippen LogP contribution in [-0.2, 0) is 9.53 Å². The van der Waals surface area contributed by atoms with Crippen LogP contribution >= 0.6 is 0 Å². The number of rotatable bonds is 5. The second kappa shape index (κ2) is 7.99. The zero-order valence-electron chi connectivity index (χ0n) is 14.0. The number of benzene rings is 1. The SMILES string of the molecule is COc1cccc(C(=O)OCC(=O)N[C@H]2CCC[C@H](C)[C@H]2C)c1. The Bertz CT molecular complexity index is 558. The van der Waals surface area contributed by atoms with Gasteiger partial charge in [0.2, 0.25) is 0 Å². The zero-order valence-corrected chi connectivity index (χ0v) is 14.0. The van der Waals surface area contributed by atoms with E-state index in [2.05, 4.69) is 19.2 Å². The summed E-state index contributed by atoms with van der Waals surface area (Å²) in [5.41, 5.74) is 0.372. The van der Waals surface area contributed by atoms with Gasteiger partial charge in [-0.05, 0) is 36.5 Å². The molecule has 1 saturated carbocycles. The van der Waals surface area contributed by atoms with Crippen LogP contribution in [-0.4, -0.2) is 31.6 Å². The predicted molar refractivity (Wildman–Crippen MR) is 87.4 cm³/mol. The number of amides is 1. The summed E-state index contributed by atoms with van der Waals surface area (Å²) in [5, 5.41) is 2.99. The van der Waals surface area contributed by atoms with Crippen molar-refractivity contribution in [1.29, 1.82) is 0 Å². The Morgan fingerprint density at radius 1 is 1.26 bits per heavy atom. The maximum absolute atomic E-state index is 12.0. The molecule has 1 N–H and O–H groups in total. The van der Waals surface area contributed by atoms with E-state index >= 15 is 0 Å². The molecule has 126 valence electrons. The number of hydrogen-bond acceptors (Lipinski definition) is 4. The zero-order chi connectivity index (χ0) is 16.8. The molecule has 0 bridgehead atoms. The van der Waals surface area contributed by atoms with Crippen molar-refractivity contribution in [2.24, 2.45) is 11.8 Å². The summed E-state index contributed by atoms with van der Waals surface area (Å²) in [6.45, 7) is 4.12. The highest BCUT2D eigenvalue weighted by atomic mass is 16.5.